The lowest BCUT2D eigenvalue weighted by molar-refractivity contribution is -0.305. The van der Waals surface area contributed by atoms with E-state index in [1.54, 1.807) is 12.1 Å². The molecule has 32 heavy (non-hydrogen) atoms. The molecule has 3 rings (SSSR count). The molecular formula is C26H40N2O4. The normalized spacial score (nSPS) is 22.2. The van der Waals surface area contributed by atoms with Crippen molar-refractivity contribution in [1.82, 2.24) is 5.06 Å². The van der Waals surface area contributed by atoms with E-state index >= 15 is 0 Å². The van der Waals surface area contributed by atoms with Crippen LogP contribution in [0, 0.1) is 0 Å². The number of piperidine rings is 1. The lowest BCUT2D eigenvalue weighted by Gasteiger charge is -2.58. The van der Waals surface area contributed by atoms with Gasteiger partial charge >= 0.3 is 6.09 Å². The number of amides is 2. The molecule has 0 aromatic heterocycles. The third-order valence-corrected chi connectivity index (χ3v) is 6.55. The van der Waals surface area contributed by atoms with Gasteiger partial charge in [-0.15, -0.1) is 0 Å². The summed E-state index contributed by atoms with van der Waals surface area (Å²) in [5.41, 5.74) is -1.01. The number of hydrogen-bond donors (Lipinski definition) is 0. The average Bonchev–Trinajstić information content (AvgIpc) is 2.68. The Labute approximate surface area is 193 Å². The fourth-order valence-corrected chi connectivity index (χ4v) is 5.74. The summed E-state index contributed by atoms with van der Waals surface area (Å²) in [5.74, 6) is -0.208. The Morgan fingerprint density at radius 1 is 0.906 bits per heavy atom. The number of benzene rings is 1. The molecule has 0 saturated carbocycles. The van der Waals surface area contributed by atoms with Gasteiger partial charge in [-0.3, -0.25) is 9.63 Å². The van der Waals surface area contributed by atoms with Crippen molar-refractivity contribution in [3.8, 4) is 0 Å². The highest BCUT2D eigenvalue weighted by atomic mass is 16.7. The molecule has 0 unspecified atom stereocenters. The Morgan fingerprint density at radius 2 is 1.50 bits per heavy atom. The Hall–Kier alpha value is -1.92. The van der Waals surface area contributed by atoms with Gasteiger partial charge in [0.25, 0.3) is 0 Å². The number of imide groups is 1. The van der Waals surface area contributed by atoms with Crippen LogP contribution in [0.15, 0.2) is 30.3 Å². The largest absolute Gasteiger partial charge is 0.442 e. The van der Waals surface area contributed by atoms with Crippen molar-refractivity contribution in [2.75, 3.05) is 11.5 Å². The fourth-order valence-electron chi connectivity index (χ4n) is 5.74. The molecule has 2 aliphatic rings. The van der Waals surface area contributed by atoms with Gasteiger partial charge in [-0.2, -0.15) is 5.06 Å². The second-order valence-corrected chi connectivity index (χ2v) is 10.7. The Balaban J connectivity index is 1.65. The highest BCUT2D eigenvalue weighted by molar-refractivity contribution is 6.14. The first-order chi connectivity index (χ1) is 15.1. The molecule has 6 nitrogen and oxygen atoms in total. The van der Waals surface area contributed by atoms with Gasteiger partial charge < -0.3 is 4.74 Å². The summed E-state index contributed by atoms with van der Waals surface area (Å²) in [6.45, 7) is 11.4. The van der Waals surface area contributed by atoms with Crippen LogP contribution in [0.5, 0.6) is 0 Å². The minimum atomic E-state index is -0.813. The zero-order valence-electron chi connectivity index (χ0n) is 20.5. The quantitative estimate of drug-likeness (QED) is 0.422. The molecule has 0 aliphatic carbocycles. The predicted octanol–water partition coefficient (Wildman–Crippen LogP) is 6.24. The van der Waals surface area contributed by atoms with Gasteiger partial charge in [-0.1, -0.05) is 57.2 Å². The molecule has 0 radical (unpaired) electrons. The summed E-state index contributed by atoms with van der Waals surface area (Å²) in [5, 5.41) is 2.08. The minimum Gasteiger partial charge on any atom is -0.442 e. The number of unbranched alkanes of at least 4 members (excludes halogenated alkanes) is 5. The van der Waals surface area contributed by atoms with E-state index in [1.807, 2.05) is 18.2 Å². The topological polar surface area (TPSA) is 59.1 Å². The molecule has 2 heterocycles. The van der Waals surface area contributed by atoms with Crippen LogP contribution >= 0.6 is 0 Å². The van der Waals surface area contributed by atoms with E-state index in [1.165, 1.54) is 32.1 Å². The third-order valence-electron chi connectivity index (χ3n) is 6.55. The number of hydroxylamine groups is 2. The number of carbonyl (C=O) groups excluding carboxylic acids is 2. The number of rotatable bonds is 9. The summed E-state index contributed by atoms with van der Waals surface area (Å²) < 4.78 is 6.04. The number of para-hydroxylation sites is 1. The molecule has 6 heteroatoms. The van der Waals surface area contributed by atoms with Crippen LogP contribution in [0.25, 0.3) is 0 Å². The van der Waals surface area contributed by atoms with Gasteiger partial charge in [0.05, 0.1) is 18.7 Å². The van der Waals surface area contributed by atoms with Crippen LogP contribution < -0.4 is 4.90 Å². The van der Waals surface area contributed by atoms with E-state index < -0.39 is 11.7 Å². The molecule has 178 valence electrons. The summed E-state index contributed by atoms with van der Waals surface area (Å²) >= 11 is 0. The minimum absolute atomic E-state index is 0.186. The second-order valence-electron chi connectivity index (χ2n) is 10.7. The first-order valence-corrected chi connectivity index (χ1v) is 12.1. The van der Waals surface area contributed by atoms with Crippen molar-refractivity contribution in [3.05, 3.63) is 30.3 Å². The maximum Gasteiger partial charge on any atom is 0.421 e. The van der Waals surface area contributed by atoms with Crippen molar-refractivity contribution in [2.45, 2.75) is 109 Å². The highest BCUT2D eigenvalue weighted by Gasteiger charge is 2.58. The van der Waals surface area contributed by atoms with Crippen LogP contribution in [0.3, 0.4) is 0 Å². The first-order valence-electron chi connectivity index (χ1n) is 12.1. The second kappa shape index (κ2) is 9.92. The van der Waals surface area contributed by atoms with Crippen LogP contribution in [-0.4, -0.2) is 40.3 Å². The van der Waals surface area contributed by atoms with E-state index in [0.717, 1.165) is 11.3 Å². The first kappa shape index (κ1) is 24.7. The molecule has 2 saturated heterocycles. The molecule has 0 N–H and O–H groups in total. The number of carbonyl (C=O) groups is 2. The maximum absolute atomic E-state index is 13.1. The van der Waals surface area contributed by atoms with Crippen molar-refractivity contribution in [3.63, 3.8) is 0 Å². The molecule has 2 fully saturated rings. The van der Waals surface area contributed by atoms with Crippen molar-refractivity contribution in [1.29, 1.82) is 0 Å². The standard InChI is InChI=1S/C26H40N2O4/c1-6-7-8-9-10-14-17-31-28-24(2,3)19-26(20-25(28,4)5)18-22(29)27(23(30)32-26)21-15-12-11-13-16-21/h11-13,15-16H,6-10,14,17-20H2,1-5H3. The zero-order valence-corrected chi connectivity index (χ0v) is 20.5. The number of nitrogens with zero attached hydrogens (tertiary/aromatic N) is 2. The lowest BCUT2D eigenvalue weighted by Crippen LogP contribution is -2.68. The number of hydrogen-bond acceptors (Lipinski definition) is 5. The zero-order chi connectivity index (χ0) is 23.4. The SMILES string of the molecule is CCCCCCCCON1C(C)(C)CC2(CC(=O)N(c3ccccc3)C(=O)O2)CC1(C)C. The Morgan fingerprint density at radius 3 is 2.09 bits per heavy atom. The molecule has 2 aliphatic heterocycles. The van der Waals surface area contributed by atoms with E-state index in [-0.39, 0.29) is 23.4 Å². The molecule has 1 spiro atoms. The lowest BCUT2D eigenvalue weighted by atomic mass is 9.70. The van der Waals surface area contributed by atoms with Gasteiger partial charge in [0, 0.05) is 23.9 Å². The molecule has 1 aromatic carbocycles. The van der Waals surface area contributed by atoms with Gasteiger partial charge in [-0.05, 0) is 46.2 Å². The Kier molecular flexibility index (Phi) is 7.66. The van der Waals surface area contributed by atoms with E-state index in [2.05, 4.69) is 39.7 Å². The number of ether oxygens (including phenoxy) is 1. The molecule has 0 bridgehead atoms. The third kappa shape index (κ3) is 5.52. The van der Waals surface area contributed by atoms with E-state index in [4.69, 9.17) is 9.57 Å². The van der Waals surface area contributed by atoms with Gasteiger partial charge in [0.15, 0.2) is 0 Å². The maximum atomic E-state index is 13.1. The molecule has 2 amide bonds. The molecule has 1 aromatic rings. The highest BCUT2D eigenvalue weighted by Crippen LogP contribution is 2.49. The van der Waals surface area contributed by atoms with Crippen LogP contribution in [0.2, 0.25) is 0 Å². The summed E-state index contributed by atoms with van der Waals surface area (Å²) in [7, 11) is 0. The number of anilines is 1. The summed E-state index contributed by atoms with van der Waals surface area (Å²) in [6, 6.07) is 8.99. The predicted molar refractivity (Wildman–Crippen MR) is 126 cm³/mol. The fraction of sp³-hybridized carbons (Fsp3) is 0.692. The van der Waals surface area contributed by atoms with Crippen LogP contribution in [0.1, 0.15) is 92.4 Å². The average molecular weight is 445 g/mol. The molecular weight excluding hydrogens is 404 g/mol. The van der Waals surface area contributed by atoms with Gasteiger partial charge in [-0.25, -0.2) is 9.69 Å². The smallest absolute Gasteiger partial charge is 0.421 e. The van der Waals surface area contributed by atoms with Crippen LogP contribution in [-0.2, 0) is 14.4 Å². The van der Waals surface area contributed by atoms with E-state index in [9.17, 15) is 9.59 Å². The van der Waals surface area contributed by atoms with E-state index in [0.29, 0.717) is 25.1 Å². The monoisotopic (exact) mass is 444 g/mol. The Bertz CT molecular complexity index is 752. The van der Waals surface area contributed by atoms with Gasteiger partial charge in [0.2, 0.25) is 5.91 Å². The summed E-state index contributed by atoms with van der Waals surface area (Å²) in [4.78, 5) is 33.5. The van der Waals surface area contributed by atoms with Crippen molar-refractivity contribution >= 4 is 17.7 Å². The van der Waals surface area contributed by atoms with Crippen molar-refractivity contribution < 1.29 is 19.2 Å². The van der Waals surface area contributed by atoms with Crippen LogP contribution in [0.4, 0.5) is 10.5 Å². The molecule has 0 atom stereocenters. The summed E-state index contributed by atoms with van der Waals surface area (Å²) in [6.07, 6.45) is 8.03. The van der Waals surface area contributed by atoms with Crippen molar-refractivity contribution in [2.24, 2.45) is 0 Å². The van der Waals surface area contributed by atoms with Gasteiger partial charge in [0.1, 0.15) is 5.60 Å².